The Balaban J connectivity index is 1.20. The first-order valence-electron chi connectivity index (χ1n) is 11.2. The molecule has 172 valence electrons. The quantitative estimate of drug-likeness (QED) is 0.575. The predicted octanol–water partition coefficient (Wildman–Crippen LogP) is 3.31. The van der Waals surface area contributed by atoms with Crippen LogP contribution in [0.1, 0.15) is 21.7 Å². The van der Waals surface area contributed by atoms with E-state index in [-0.39, 0.29) is 24.1 Å². The normalized spacial score (nSPS) is 14.7. The van der Waals surface area contributed by atoms with Crippen molar-refractivity contribution in [2.45, 2.75) is 13.1 Å². The van der Waals surface area contributed by atoms with Gasteiger partial charge in [-0.15, -0.1) is 0 Å². The number of rotatable bonds is 8. The number of nitrogens with zero attached hydrogens (tertiary/aromatic N) is 3. The molecule has 1 aromatic heterocycles. The predicted molar refractivity (Wildman–Crippen MR) is 128 cm³/mol. The van der Waals surface area contributed by atoms with Gasteiger partial charge in [-0.2, -0.15) is 0 Å². The number of benzene rings is 2. The first-order chi connectivity index (χ1) is 16.1. The molecule has 3 aromatic rings. The number of likely N-dealkylation sites (N-methyl/N-ethyl adjacent to an activating group) is 1. The third kappa shape index (κ3) is 6.54. The zero-order valence-corrected chi connectivity index (χ0v) is 18.9. The third-order valence-corrected chi connectivity index (χ3v) is 5.82. The summed E-state index contributed by atoms with van der Waals surface area (Å²) in [7, 11) is 1.58. The Morgan fingerprint density at radius 2 is 1.45 bits per heavy atom. The van der Waals surface area contributed by atoms with E-state index in [1.54, 1.807) is 19.2 Å². The Labute approximate surface area is 194 Å². The summed E-state index contributed by atoms with van der Waals surface area (Å²) in [6, 6.07) is 21.7. The molecular formula is C26H30N4O3. The Morgan fingerprint density at radius 1 is 0.848 bits per heavy atom. The molecule has 0 spiro atoms. The van der Waals surface area contributed by atoms with E-state index in [9.17, 15) is 9.59 Å². The summed E-state index contributed by atoms with van der Waals surface area (Å²) in [4.78, 5) is 30.8. The van der Waals surface area contributed by atoms with Crippen LogP contribution in [0.5, 0.6) is 0 Å². The molecule has 1 fully saturated rings. The molecule has 0 radical (unpaired) electrons. The van der Waals surface area contributed by atoms with Gasteiger partial charge in [-0.3, -0.25) is 19.4 Å². The molecular weight excluding hydrogens is 416 g/mol. The Bertz CT molecular complexity index is 1030. The molecule has 1 saturated heterocycles. The lowest BCUT2D eigenvalue weighted by Crippen LogP contribution is -2.45. The minimum Gasteiger partial charge on any atom is -0.459 e. The number of carbonyl (C=O) groups excluding carboxylic acids is 2. The fraction of sp³-hybridized carbons (Fsp3) is 0.308. The lowest BCUT2D eigenvalue weighted by Gasteiger charge is -2.34. The van der Waals surface area contributed by atoms with Crippen molar-refractivity contribution in [2.75, 3.05) is 45.1 Å². The van der Waals surface area contributed by atoms with Gasteiger partial charge >= 0.3 is 0 Å². The van der Waals surface area contributed by atoms with E-state index < -0.39 is 0 Å². The first-order valence-corrected chi connectivity index (χ1v) is 11.2. The number of hydrogen-bond donors (Lipinski definition) is 1. The smallest absolute Gasteiger partial charge is 0.289 e. The van der Waals surface area contributed by atoms with Crippen LogP contribution in [0, 0.1) is 0 Å². The second kappa shape index (κ2) is 10.9. The van der Waals surface area contributed by atoms with Crippen LogP contribution < -0.4 is 5.32 Å². The van der Waals surface area contributed by atoms with Crippen LogP contribution in [-0.4, -0.2) is 66.3 Å². The van der Waals surface area contributed by atoms with Crippen molar-refractivity contribution < 1.29 is 14.0 Å². The van der Waals surface area contributed by atoms with Gasteiger partial charge in [-0.05, 0) is 35.4 Å². The van der Waals surface area contributed by atoms with E-state index in [0.717, 1.165) is 45.0 Å². The monoisotopic (exact) mass is 446 g/mol. The molecule has 33 heavy (non-hydrogen) atoms. The van der Waals surface area contributed by atoms with Crippen LogP contribution in [-0.2, 0) is 17.9 Å². The van der Waals surface area contributed by atoms with Gasteiger partial charge in [0.2, 0.25) is 5.91 Å². The van der Waals surface area contributed by atoms with Crippen LogP contribution in [0.15, 0.2) is 77.4 Å². The average Bonchev–Trinajstić information content (AvgIpc) is 3.37. The van der Waals surface area contributed by atoms with E-state index in [2.05, 4.69) is 45.4 Å². The Hall–Kier alpha value is -3.42. The van der Waals surface area contributed by atoms with Gasteiger partial charge in [-0.25, -0.2) is 0 Å². The molecule has 7 nitrogen and oxygen atoms in total. The molecule has 1 aliphatic rings. The van der Waals surface area contributed by atoms with E-state index in [1.807, 2.05) is 24.3 Å². The molecule has 0 unspecified atom stereocenters. The number of amides is 2. The minimum absolute atomic E-state index is 0.0471. The standard InChI is InChI=1S/C26H30N4O3/c1-28(26(32)24-8-5-17-33-24)20-25(31)27-23-11-9-22(10-12-23)19-30-15-13-29(14-16-30)18-21-6-3-2-4-7-21/h2-12,17H,13-16,18-20H2,1H3,(H,27,31). The maximum Gasteiger partial charge on any atom is 0.289 e. The maximum absolute atomic E-state index is 12.3. The molecule has 2 amide bonds. The van der Waals surface area contributed by atoms with Gasteiger partial charge in [0.25, 0.3) is 5.91 Å². The van der Waals surface area contributed by atoms with E-state index >= 15 is 0 Å². The van der Waals surface area contributed by atoms with Crippen LogP contribution in [0.25, 0.3) is 0 Å². The molecule has 4 rings (SSSR count). The maximum atomic E-state index is 12.3. The van der Waals surface area contributed by atoms with Gasteiger partial charge in [0.05, 0.1) is 12.8 Å². The van der Waals surface area contributed by atoms with E-state index in [0.29, 0.717) is 0 Å². The third-order valence-electron chi connectivity index (χ3n) is 5.82. The molecule has 2 heterocycles. The molecule has 1 N–H and O–H groups in total. The number of hydrogen-bond acceptors (Lipinski definition) is 5. The van der Waals surface area contributed by atoms with E-state index in [4.69, 9.17) is 4.42 Å². The number of anilines is 1. The molecule has 0 aliphatic carbocycles. The Kier molecular flexibility index (Phi) is 7.55. The highest BCUT2D eigenvalue weighted by atomic mass is 16.3. The first kappa shape index (κ1) is 22.8. The molecule has 0 bridgehead atoms. The number of piperazine rings is 1. The van der Waals surface area contributed by atoms with Crippen LogP contribution >= 0.6 is 0 Å². The summed E-state index contributed by atoms with van der Waals surface area (Å²) in [5.41, 5.74) is 3.30. The lowest BCUT2D eigenvalue weighted by atomic mass is 10.1. The van der Waals surface area contributed by atoms with Crippen molar-refractivity contribution >= 4 is 17.5 Å². The van der Waals surface area contributed by atoms with Gasteiger partial charge in [-0.1, -0.05) is 42.5 Å². The van der Waals surface area contributed by atoms with Crippen molar-refractivity contribution in [1.29, 1.82) is 0 Å². The van der Waals surface area contributed by atoms with Crippen molar-refractivity contribution in [2.24, 2.45) is 0 Å². The minimum atomic E-state index is -0.325. The zero-order chi connectivity index (χ0) is 23.0. The van der Waals surface area contributed by atoms with Crippen molar-refractivity contribution in [1.82, 2.24) is 14.7 Å². The summed E-state index contributed by atoms with van der Waals surface area (Å²) >= 11 is 0. The number of carbonyl (C=O) groups is 2. The van der Waals surface area contributed by atoms with Gasteiger partial charge in [0, 0.05) is 52.0 Å². The van der Waals surface area contributed by atoms with Crippen LogP contribution in [0.3, 0.4) is 0 Å². The fourth-order valence-corrected chi connectivity index (χ4v) is 3.97. The van der Waals surface area contributed by atoms with Crippen molar-refractivity contribution in [3.05, 3.63) is 89.9 Å². The SMILES string of the molecule is CN(CC(=O)Nc1ccc(CN2CCN(Cc3ccccc3)CC2)cc1)C(=O)c1ccco1. The van der Waals surface area contributed by atoms with Gasteiger partial charge in [0.15, 0.2) is 5.76 Å². The van der Waals surface area contributed by atoms with Gasteiger partial charge in [0.1, 0.15) is 0 Å². The molecule has 0 atom stereocenters. The second-order valence-corrected chi connectivity index (χ2v) is 8.42. The van der Waals surface area contributed by atoms with Gasteiger partial charge < -0.3 is 14.6 Å². The number of nitrogens with one attached hydrogen (secondary N) is 1. The van der Waals surface area contributed by atoms with Crippen LogP contribution in [0.4, 0.5) is 5.69 Å². The summed E-state index contributed by atoms with van der Waals surface area (Å²) < 4.78 is 5.09. The summed E-state index contributed by atoms with van der Waals surface area (Å²) in [5, 5.41) is 2.85. The number of furan rings is 1. The molecule has 0 saturated carbocycles. The molecule has 7 heteroatoms. The van der Waals surface area contributed by atoms with Crippen LogP contribution in [0.2, 0.25) is 0 Å². The highest BCUT2D eigenvalue weighted by Crippen LogP contribution is 2.14. The van der Waals surface area contributed by atoms with E-state index in [1.165, 1.54) is 22.3 Å². The molecule has 1 aliphatic heterocycles. The summed E-state index contributed by atoms with van der Waals surface area (Å²) in [6.45, 7) is 6.07. The zero-order valence-electron chi connectivity index (χ0n) is 18.9. The topological polar surface area (TPSA) is 69.0 Å². The lowest BCUT2D eigenvalue weighted by molar-refractivity contribution is -0.116. The highest BCUT2D eigenvalue weighted by molar-refractivity contribution is 5.97. The fourth-order valence-electron chi connectivity index (χ4n) is 3.97. The summed E-state index contributed by atoms with van der Waals surface area (Å²) in [6.07, 6.45) is 1.44. The Morgan fingerprint density at radius 3 is 2.03 bits per heavy atom. The average molecular weight is 447 g/mol. The largest absolute Gasteiger partial charge is 0.459 e. The van der Waals surface area contributed by atoms with Crippen molar-refractivity contribution in [3.63, 3.8) is 0 Å². The molecule has 2 aromatic carbocycles. The highest BCUT2D eigenvalue weighted by Gasteiger charge is 2.18. The second-order valence-electron chi connectivity index (χ2n) is 8.42. The van der Waals surface area contributed by atoms with Crippen molar-refractivity contribution in [3.8, 4) is 0 Å². The summed E-state index contributed by atoms with van der Waals surface area (Å²) in [5.74, 6) is -0.357.